The first-order valence-electron chi connectivity index (χ1n) is 12.6. The quantitative estimate of drug-likeness (QED) is 0.548. The van der Waals surface area contributed by atoms with Crippen molar-refractivity contribution in [2.45, 2.75) is 31.9 Å². The summed E-state index contributed by atoms with van der Waals surface area (Å²) in [6, 6.07) is 26.9. The third kappa shape index (κ3) is 5.12. The van der Waals surface area contributed by atoms with Crippen LogP contribution in [0.15, 0.2) is 78.9 Å². The van der Waals surface area contributed by atoms with E-state index in [-0.39, 0.29) is 29.9 Å². The first-order valence-corrected chi connectivity index (χ1v) is 12.6. The number of ether oxygens (including phenoxy) is 2. The van der Waals surface area contributed by atoms with Gasteiger partial charge in [-0.25, -0.2) is 0 Å². The number of hydrogen-bond donors (Lipinski definition) is 1. The second-order valence-electron chi connectivity index (χ2n) is 9.69. The number of morpholine rings is 1. The second kappa shape index (κ2) is 10.6. The van der Waals surface area contributed by atoms with E-state index in [0.717, 1.165) is 29.0 Å². The van der Waals surface area contributed by atoms with Gasteiger partial charge in [0.05, 0.1) is 31.3 Å². The number of benzene rings is 3. The largest absolute Gasteiger partial charge is 0.491 e. The minimum absolute atomic E-state index is 0.0428. The normalized spacial score (nSPS) is 22.4. The minimum Gasteiger partial charge on any atom is -0.491 e. The van der Waals surface area contributed by atoms with E-state index in [4.69, 9.17) is 9.47 Å². The Hall–Kier alpha value is -3.15. The molecule has 182 valence electrons. The zero-order valence-electron chi connectivity index (χ0n) is 20.5. The Kier molecular flexibility index (Phi) is 7.16. The Bertz CT molecular complexity index is 1150. The minimum atomic E-state index is -0.115. The van der Waals surface area contributed by atoms with Gasteiger partial charge < -0.3 is 19.7 Å². The van der Waals surface area contributed by atoms with Crippen LogP contribution < -0.4 is 10.1 Å². The Balaban J connectivity index is 1.44. The van der Waals surface area contributed by atoms with Crippen molar-refractivity contribution in [3.8, 4) is 16.9 Å². The number of amides is 1. The molecule has 35 heavy (non-hydrogen) atoms. The third-order valence-corrected chi connectivity index (χ3v) is 7.00. The molecule has 0 unspecified atom stereocenters. The second-order valence-corrected chi connectivity index (χ2v) is 9.69. The highest BCUT2D eigenvalue weighted by atomic mass is 16.5. The Labute approximate surface area is 208 Å². The molecule has 0 aliphatic carbocycles. The van der Waals surface area contributed by atoms with E-state index in [2.05, 4.69) is 53.8 Å². The number of hydrogen-bond acceptors (Lipinski definition) is 4. The lowest BCUT2D eigenvalue weighted by atomic mass is 9.83. The number of carbonyl (C=O) groups is 1. The van der Waals surface area contributed by atoms with Crippen molar-refractivity contribution >= 4 is 5.91 Å². The van der Waals surface area contributed by atoms with Gasteiger partial charge in [-0.05, 0) is 48.2 Å². The molecule has 1 N–H and O–H groups in total. The predicted octanol–water partition coefficient (Wildman–Crippen LogP) is 5.04. The van der Waals surface area contributed by atoms with Crippen LogP contribution in [0.4, 0.5) is 0 Å². The lowest BCUT2D eigenvalue weighted by Crippen LogP contribution is -2.47. The van der Waals surface area contributed by atoms with Crippen LogP contribution in [0.1, 0.15) is 36.9 Å². The van der Waals surface area contributed by atoms with Gasteiger partial charge in [-0.3, -0.25) is 4.79 Å². The summed E-state index contributed by atoms with van der Waals surface area (Å²) in [5.41, 5.74) is 4.62. The highest BCUT2D eigenvalue weighted by Crippen LogP contribution is 2.38. The molecule has 5 nitrogen and oxygen atoms in total. The van der Waals surface area contributed by atoms with Crippen molar-refractivity contribution in [3.63, 3.8) is 0 Å². The van der Waals surface area contributed by atoms with Gasteiger partial charge in [0.15, 0.2) is 0 Å². The molecule has 3 aromatic rings. The molecule has 5 rings (SSSR count). The average Bonchev–Trinajstić information content (AvgIpc) is 3.38. The Morgan fingerprint density at radius 1 is 1.00 bits per heavy atom. The van der Waals surface area contributed by atoms with Gasteiger partial charge in [0.1, 0.15) is 5.75 Å². The maximum atomic E-state index is 14.0. The summed E-state index contributed by atoms with van der Waals surface area (Å²) < 4.78 is 11.7. The summed E-state index contributed by atoms with van der Waals surface area (Å²) >= 11 is 0. The van der Waals surface area contributed by atoms with E-state index in [1.807, 2.05) is 49.1 Å². The van der Waals surface area contributed by atoms with E-state index < -0.39 is 0 Å². The molecule has 5 heteroatoms. The molecule has 0 aromatic heterocycles. The van der Waals surface area contributed by atoms with Gasteiger partial charge in [-0.15, -0.1) is 0 Å². The van der Waals surface area contributed by atoms with Gasteiger partial charge in [-0.2, -0.15) is 0 Å². The molecular formula is C30H34N2O3. The fourth-order valence-corrected chi connectivity index (χ4v) is 5.39. The van der Waals surface area contributed by atoms with E-state index >= 15 is 0 Å². The zero-order chi connectivity index (χ0) is 24.2. The summed E-state index contributed by atoms with van der Waals surface area (Å²) in [5.74, 6) is 1.07. The number of rotatable bonds is 6. The SMILES string of the molecule is CC(C)Oc1cccc(-c2ccccc2[C@@H]2CNC[C@H]2C(=O)N2CCOC[C@@H]2c2ccccc2)c1. The molecule has 2 aliphatic heterocycles. The molecule has 0 spiro atoms. The van der Waals surface area contributed by atoms with Crippen molar-refractivity contribution in [1.82, 2.24) is 10.2 Å². The zero-order valence-corrected chi connectivity index (χ0v) is 20.5. The van der Waals surface area contributed by atoms with Crippen molar-refractivity contribution in [2.24, 2.45) is 5.92 Å². The lowest BCUT2D eigenvalue weighted by Gasteiger charge is -2.38. The monoisotopic (exact) mass is 470 g/mol. The average molecular weight is 471 g/mol. The number of carbonyl (C=O) groups excluding carboxylic acids is 1. The van der Waals surface area contributed by atoms with E-state index in [0.29, 0.717) is 26.3 Å². The van der Waals surface area contributed by atoms with Crippen LogP contribution in [0.25, 0.3) is 11.1 Å². The van der Waals surface area contributed by atoms with Crippen LogP contribution in [0.2, 0.25) is 0 Å². The molecule has 2 fully saturated rings. The lowest BCUT2D eigenvalue weighted by molar-refractivity contribution is -0.144. The van der Waals surface area contributed by atoms with E-state index in [1.54, 1.807) is 0 Å². The fraction of sp³-hybridized carbons (Fsp3) is 0.367. The van der Waals surface area contributed by atoms with Crippen LogP contribution in [0, 0.1) is 5.92 Å². The van der Waals surface area contributed by atoms with Crippen molar-refractivity contribution in [1.29, 1.82) is 0 Å². The molecule has 0 bridgehead atoms. The summed E-state index contributed by atoms with van der Waals surface area (Å²) in [5, 5.41) is 3.51. The summed E-state index contributed by atoms with van der Waals surface area (Å²) in [6.07, 6.45) is 0.118. The fourth-order valence-electron chi connectivity index (χ4n) is 5.39. The molecule has 0 saturated carbocycles. The van der Waals surface area contributed by atoms with Crippen molar-refractivity contribution in [3.05, 3.63) is 90.0 Å². The molecule has 1 amide bonds. The van der Waals surface area contributed by atoms with Gasteiger partial charge in [0.2, 0.25) is 5.91 Å². The van der Waals surface area contributed by atoms with E-state index in [9.17, 15) is 4.79 Å². The van der Waals surface area contributed by atoms with E-state index in [1.165, 1.54) is 5.56 Å². The smallest absolute Gasteiger partial charge is 0.228 e. The summed E-state index contributed by atoms with van der Waals surface area (Å²) in [4.78, 5) is 16.0. The first kappa shape index (κ1) is 23.6. The predicted molar refractivity (Wildman–Crippen MR) is 138 cm³/mol. The maximum absolute atomic E-state index is 14.0. The first-order chi connectivity index (χ1) is 17.1. The molecule has 2 aliphatic rings. The molecule has 3 atom stereocenters. The Morgan fingerprint density at radius 3 is 2.63 bits per heavy atom. The summed E-state index contributed by atoms with van der Waals surface area (Å²) in [6.45, 7) is 7.30. The van der Waals surface area contributed by atoms with Crippen LogP contribution in [0.5, 0.6) is 5.75 Å². The topological polar surface area (TPSA) is 50.8 Å². The standard InChI is InChI=1S/C30H34N2O3/c1-21(2)35-24-12-8-11-23(17-24)25-13-6-7-14-26(25)27-18-31-19-28(27)30(33)32-15-16-34-20-29(32)22-9-4-3-5-10-22/h3-14,17,21,27-29,31H,15-16,18-20H2,1-2H3/t27-,28+,29+/m0/s1. The third-order valence-electron chi connectivity index (χ3n) is 7.00. The number of nitrogens with zero attached hydrogens (tertiary/aromatic N) is 1. The highest BCUT2D eigenvalue weighted by molar-refractivity contribution is 5.82. The molecule has 2 saturated heterocycles. The molecule has 2 heterocycles. The van der Waals surface area contributed by atoms with Gasteiger partial charge in [0, 0.05) is 25.6 Å². The van der Waals surface area contributed by atoms with Gasteiger partial charge >= 0.3 is 0 Å². The van der Waals surface area contributed by atoms with Gasteiger partial charge in [0.25, 0.3) is 0 Å². The Morgan fingerprint density at radius 2 is 1.80 bits per heavy atom. The molecular weight excluding hydrogens is 436 g/mol. The molecule has 0 radical (unpaired) electrons. The van der Waals surface area contributed by atoms with Crippen LogP contribution in [0.3, 0.4) is 0 Å². The van der Waals surface area contributed by atoms with Crippen molar-refractivity contribution in [2.75, 3.05) is 32.8 Å². The number of nitrogens with one attached hydrogen (secondary N) is 1. The van der Waals surface area contributed by atoms with Crippen LogP contribution in [-0.4, -0.2) is 49.8 Å². The maximum Gasteiger partial charge on any atom is 0.228 e. The highest BCUT2D eigenvalue weighted by Gasteiger charge is 2.40. The van der Waals surface area contributed by atoms with Crippen LogP contribution >= 0.6 is 0 Å². The summed E-state index contributed by atoms with van der Waals surface area (Å²) in [7, 11) is 0. The van der Waals surface area contributed by atoms with Gasteiger partial charge in [-0.1, -0.05) is 66.7 Å². The van der Waals surface area contributed by atoms with Crippen molar-refractivity contribution < 1.29 is 14.3 Å². The van der Waals surface area contributed by atoms with Crippen LogP contribution in [-0.2, 0) is 9.53 Å². The molecule has 3 aromatic carbocycles.